The van der Waals surface area contributed by atoms with Gasteiger partial charge in [-0.05, 0) is 37.6 Å². The molecule has 1 aliphatic heterocycles. The fourth-order valence-electron chi connectivity index (χ4n) is 2.22. The smallest absolute Gasteiger partial charge is 0.161 e. The minimum absolute atomic E-state index is 0.201. The Hall–Kier alpha value is -1.26. The van der Waals surface area contributed by atoms with Gasteiger partial charge in [0.15, 0.2) is 11.5 Å². The van der Waals surface area contributed by atoms with Crippen LogP contribution in [0.5, 0.6) is 11.5 Å². The first-order valence-electron chi connectivity index (χ1n) is 7.55. The minimum Gasteiger partial charge on any atom is -0.490 e. The fraction of sp³-hybridized carbons (Fsp3) is 0.625. The van der Waals surface area contributed by atoms with E-state index in [9.17, 15) is 0 Å². The second kappa shape index (κ2) is 8.12. The quantitative estimate of drug-likeness (QED) is 0.833. The second-order valence-electron chi connectivity index (χ2n) is 4.92. The Balaban J connectivity index is 2.12. The largest absolute Gasteiger partial charge is 0.490 e. The summed E-state index contributed by atoms with van der Waals surface area (Å²) in [5.41, 5.74) is 1.19. The molecule has 0 amide bonds. The van der Waals surface area contributed by atoms with Gasteiger partial charge in [0.1, 0.15) is 0 Å². The molecule has 1 aromatic rings. The van der Waals surface area contributed by atoms with Crippen LogP contribution in [0, 0.1) is 0 Å². The summed E-state index contributed by atoms with van der Waals surface area (Å²) in [7, 11) is 0. The van der Waals surface area contributed by atoms with Crippen molar-refractivity contribution in [1.29, 1.82) is 0 Å². The van der Waals surface area contributed by atoms with Crippen LogP contribution in [0.2, 0.25) is 0 Å². The molecule has 0 aromatic heterocycles. The van der Waals surface area contributed by atoms with Gasteiger partial charge in [-0.25, -0.2) is 0 Å². The lowest BCUT2D eigenvalue weighted by molar-refractivity contribution is 0.123. The Kier molecular flexibility index (Phi) is 6.15. The summed E-state index contributed by atoms with van der Waals surface area (Å²) in [6.45, 7) is 8.01. The third-order valence-corrected chi connectivity index (χ3v) is 3.30. The van der Waals surface area contributed by atoms with Gasteiger partial charge in [-0.2, -0.15) is 0 Å². The van der Waals surface area contributed by atoms with Crippen molar-refractivity contribution in [2.45, 2.75) is 32.7 Å². The average molecular weight is 279 g/mol. The van der Waals surface area contributed by atoms with Gasteiger partial charge in [-0.1, -0.05) is 13.0 Å². The van der Waals surface area contributed by atoms with Gasteiger partial charge in [0, 0.05) is 13.0 Å². The Morgan fingerprint density at radius 2 is 2.00 bits per heavy atom. The van der Waals surface area contributed by atoms with Crippen LogP contribution in [0.4, 0.5) is 0 Å². The topological polar surface area (TPSA) is 39.7 Å². The van der Waals surface area contributed by atoms with E-state index in [-0.39, 0.29) is 6.04 Å². The van der Waals surface area contributed by atoms with Gasteiger partial charge < -0.3 is 19.5 Å². The van der Waals surface area contributed by atoms with Gasteiger partial charge in [-0.15, -0.1) is 0 Å². The maximum absolute atomic E-state index is 5.75. The summed E-state index contributed by atoms with van der Waals surface area (Å²) in [6.07, 6.45) is 2.04. The van der Waals surface area contributed by atoms with Gasteiger partial charge in [0.2, 0.25) is 0 Å². The first kappa shape index (κ1) is 15.1. The van der Waals surface area contributed by atoms with Crippen molar-refractivity contribution >= 4 is 0 Å². The molecule has 2 rings (SSSR count). The summed E-state index contributed by atoms with van der Waals surface area (Å²) in [5, 5.41) is 3.52. The molecule has 1 aromatic carbocycles. The molecule has 1 unspecified atom stereocenters. The van der Waals surface area contributed by atoms with Crippen molar-refractivity contribution in [2.75, 3.05) is 33.0 Å². The molecule has 20 heavy (non-hydrogen) atoms. The Morgan fingerprint density at radius 3 is 2.75 bits per heavy atom. The van der Waals surface area contributed by atoms with Crippen molar-refractivity contribution in [3.63, 3.8) is 0 Å². The highest BCUT2D eigenvalue weighted by atomic mass is 16.5. The standard InChI is InChI=1S/C16H25NO3/c1-3-8-17-14(12-18-4-2)13-6-7-15-16(11-13)20-10-5-9-19-15/h6-7,11,14,17H,3-5,8-10,12H2,1-2H3. The van der Waals surface area contributed by atoms with Crippen molar-refractivity contribution in [3.8, 4) is 11.5 Å². The van der Waals surface area contributed by atoms with E-state index in [4.69, 9.17) is 14.2 Å². The maximum Gasteiger partial charge on any atom is 0.161 e. The lowest BCUT2D eigenvalue weighted by Gasteiger charge is -2.20. The van der Waals surface area contributed by atoms with Crippen molar-refractivity contribution in [1.82, 2.24) is 5.32 Å². The Labute approximate surface area is 121 Å². The van der Waals surface area contributed by atoms with Gasteiger partial charge >= 0.3 is 0 Å². The number of hydrogen-bond donors (Lipinski definition) is 1. The SMILES string of the molecule is CCCNC(COCC)c1ccc2c(c1)OCCCO2. The monoisotopic (exact) mass is 279 g/mol. The molecule has 0 aliphatic carbocycles. The molecular formula is C16H25NO3. The molecule has 1 aliphatic rings. The maximum atomic E-state index is 5.75. The molecule has 1 N–H and O–H groups in total. The van der Waals surface area contributed by atoms with E-state index in [1.54, 1.807) is 0 Å². The summed E-state index contributed by atoms with van der Waals surface area (Å²) in [6, 6.07) is 6.38. The second-order valence-corrected chi connectivity index (χ2v) is 4.92. The van der Waals surface area contributed by atoms with E-state index in [2.05, 4.69) is 24.4 Å². The number of benzene rings is 1. The zero-order valence-corrected chi connectivity index (χ0v) is 12.5. The van der Waals surface area contributed by atoms with E-state index >= 15 is 0 Å². The van der Waals surface area contributed by atoms with Gasteiger partial charge in [-0.3, -0.25) is 0 Å². The number of hydrogen-bond acceptors (Lipinski definition) is 4. The van der Waals surface area contributed by atoms with E-state index < -0.39 is 0 Å². The number of nitrogens with one attached hydrogen (secondary N) is 1. The molecule has 0 radical (unpaired) electrons. The van der Waals surface area contributed by atoms with Crippen molar-refractivity contribution in [2.24, 2.45) is 0 Å². The normalized spacial score (nSPS) is 15.7. The van der Waals surface area contributed by atoms with Gasteiger partial charge in [0.25, 0.3) is 0 Å². The van der Waals surface area contributed by atoms with Crippen LogP contribution in [0.1, 0.15) is 38.3 Å². The molecule has 0 fully saturated rings. The molecular weight excluding hydrogens is 254 g/mol. The van der Waals surface area contributed by atoms with E-state index in [1.807, 2.05) is 13.0 Å². The molecule has 0 saturated carbocycles. The Morgan fingerprint density at radius 1 is 1.20 bits per heavy atom. The first-order valence-corrected chi connectivity index (χ1v) is 7.55. The third-order valence-electron chi connectivity index (χ3n) is 3.30. The van der Waals surface area contributed by atoms with E-state index in [1.165, 1.54) is 5.56 Å². The fourth-order valence-corrected chi connectivity index (χ4v) is 2.22. The molecule has 0 saturated heterocycles. The predicted octanol–water partition coefficient (Wildman–Crippen LogP) is 2.93. The first-order chi connectivity index (χ1) is 9.85. The van der Waals surface area contributed by atoms with Crippen molar-refractivity contribution < 1.29 is 14.2 Å². The van der Waals surface area contributed by atoms with Crippen molar-refractivity contribution in [3.05, 3.63) is 23.8 Å². The van der Waals surface area contributed by atoms with Crippen LogP contribution in [0.25, 0.3) is 0 Å². The summed E-state index contributed by atoms with van der Waals surface area (Å²) in [4.78, 5) is 0. The molecule has 4 nitrogen and oxygen atoms in total. The summed E-state index contributed by atoms with van der Waals surface area (Å²) < 4.78 is 17.0. The highest BCUT2D eigenvalue weighted by molar-refractivity contribution is 5.44. The molecule has 0 bridgehead atoms. The molecule has 4 heteroatoms. The van der Waals surface area contributed by atoms with Crippen LogP contribution in [-0.2, 0) is 4.74 Å². The lowest BCUT2D eigenvalue weighted by atomic mass is 10.1. The highest BCUT2D eigenvalue weighted by Crippen LogP contribution is 2.32. The zero-order chi connectivity index (χ0) is 14.2. The predicted molar refractivity (Wildman–Crippen MR) is 79.6 cm³/mol. The van der Waals surface area contributed by atoms with Crippen LogP contribution in [-0.4, -0.2) is 33.0 Å². The number of fused-ring (bicyclic) bond motifs is 1. The average Bonchev–Trinajstić information content (AvgIpc) is 2.72. The minimum atomic E-state index is 0.201. The van der Waals surface area contributed by atoms with E-state index in [0.717, 1.165) is 50.7 Å². The lowest BCUT2D eigenvalue weighted by Crippen LogP contribution is -2.26. The third kappa shape index (κ3) is 4.12. The van der Waals surface area contributed by atoms with Crippen LogP contribution < -0.4 is 14.8 Å². The van der Waals surface area contributed by atoms with Crippen LogP contribution in [0.3, 0.4) is 0 Å². The summed E-state index contributed by atoms with van der Waals surface area (Å²) >= 11 is 0. The van der Waals surface area contributed by atoms with Gasteiger partial charge in [0.05, 0.1) is 25.9 Å². The van der Waals surface area contributed by atoms with Crippen LogP contribution in [0.15, 0.2) is 18.2 Å². The van der Waals surface area contributed by atoms with E-state index in [0.29, 0.717) is 6.61 Å². The highest BCUT2D eigenvalue weighted by Gasteiger charge is 2.16. The molecule has 112 valence electrons. The number of ether oxygens (including phenoxy) is 3. The zero-order valence-electron chi connectivity index (χ0n) is 12.5. The molecule has 0 spiro atoms. The Bertz CT molecular complexity index is 401. The van der Waals surface area contributed by atoms with Crippen LogP contribution >= 0.6 is 0 Å². The molecule has 1 heterocycles. The summed E-state index contributed by atoms with van der Waals surface area (Å²) in [5.74, 6) is 1.69. The number of rotatable bonds is 7. The molecule has 1 atom stereocenters.